The molecule has 1 saturated heterocycles. The fourth-order valence-corrected chi connectivity index (χ4v) is 2.65. The summed E-state index contributed by atoms with van der Waals surface area (Å²) in [5.41, 5.74) is 1.17. The second kappa shape index (κ2) is 8.17. The lowest BCUT2D eigenvalue weighted by Gasteiger charge is -2.24. The van der Waals surface area contributed by atoms with Crippen molar-refractivity contribution < 1.29 is 4.74 Å². The molecule has 0 amide bonds. The summed E-state index contributed by atoms with van der Waals surface area (Å²) < 4.78 is 5.77. The van der Waals surface area contributed by atoms with Crippen molar-refractivity contribution in [1.82, 2.24) is 9.97 Å². The molecule has 1 aliphatic rings. The lowest BCUT2D eigenvalue weighted by Crippen LogP contribution is -2.27. The first-order valence-electron chi connectivity index (χ1n) is 8.16. The minimum absolute atomic E-state index is 0.306. The molecule has 21 heavy (non-hydrogen) atoms. The van der Waals surface area contributed by atoms with Crippen molar-refractivity contribution in [3.63, 3.8) is 0 Å². The van der Waals surface area contributed by atoms with Crippen LogP contribution in [0.2, 0.25) is 0 Å². The molecule has 0 aliphatic carbocycles. The van der Waals surface area contributed by atoms with Crippen LogP contribution in [0.25, 0.3) is 0 Å². The maximum Gasteiger partial charge on any atom is 0.135 e. The fourth-order valence-electron chi connectivity index (χ4n) is 2.65. The van der Waals surface area contributed by atoms with Crippen LogP contribution in [0.3, 0.4) is 0 Å². The van der Waals surface area contributed by atoms with Gasteiger partial charge in [0.1, 0.15) is 18.0 Å². The van der Waals surface area contributed by atoms with Crippen molar-refractivity contribution in [2.24, 2.45) is 0 Å². The van der Waals surface area contributed by atoms with E-state index in [1.165, 1.54) is 18.4 Å². The number of rotatable bonds is 7. The van der Waals surface area contributed by atoms with Gasteiger partial charge in [-0.3, -0.25) is 0 Å². The van der Waals surface area contributed by atoms with Gasteiger partial charge in [0.15, 0.2) is 0 Å². The highest BCUT2D eigenvalue weighted by atomic mass is 16.5. The molecule has 0 spiro atoms. The van der Waals surface area contributed by atoms with E-state index in [-0.39, 0.29) is 0 Å². The van der Waals surface area contributed by atoms with Gasteiger partial charge in [-0.2, -0.15) is 0 Å². The van der Waals surface area contributed by atoms with Crippen LogP contribution in [-0.2, 0) is 4.74 Å². The molecule has 1 aliphatic heterocycles. The SMILES string of the molecule is CCCNc1ncnc(NCC2CCCCO2)c1C(C)C. The van der Waals surface area contributed by atoms with Crippen molar-refractivity contribution in [2.45, 2.75) is 58.5 Å². The van der Waals surface area contributed by atoms with E-state index < -0.39 is 0 Å². The lowest BCUT2D eigenvalue weighted by molar-refractivity contribution is 0.0247. The third kappa shape index (κ3) is 4.56. The van der Waals surface area contributed by atoms with Gasteiger partial charge in [0.2, 0.25) is 0 Å². The zero-order valence-corrected chi connectivity index (χ0v) is 13.5. The van der Waals surface area contributed by atoms with Crippen LogP contribution in [-0.4, -0.2) is 35.8 Å². The molecule has 1 aromatic heterocycles. The molecular weight excluding hydrogens is 264 g/mol. The summed E-state index contributed by atoms with van der Waals surface area (Å²) in [6.45, 7) is 9.15. The largest absolute Gasteiger partial charge is 0.376 e. The van der Waals surface area contributed by atoms with Gasteiger partial charge in [0.05, 0.1) is 6.10 Å². The van der Waals surface area contributed by atoms with E-state index in [1.54, 1.807) is 6.33 Å². The number of ether oxygens (including phenoxy) is 1. The first kappa shape index (κ1) is 16.0. The molecule has 2 heterocycles. The first-order valence-corrected chi connectivity index (χ1v) is 8.16. The summed E-state index contributed by atoms with van der Waals surface area (Å²) >= 11 is 0. The van der Waals surface area contributed by atoms with Crippen LogP contribution in [0.15, 0.2) is 6.33 Å². The van der Waals surface area contributed by atoms with Crippen LogP contribution >= 0.6 is 0 Å². The van der Waals surface area contributed by atoms with Gasteiger partial charge in [0.25, 0.3) is 0 Å². The topological polar surface area (TPSA) is 59.1 Å². The molecule has 118 valence electrons. The summed E-state index contributed by atoms with van der Waals surface area (Å²) in [6, 6.07) is 0. The van der Waals surface area contributed by atoms with Crippen molar-refractivity contribution in [1.29, 1.82) is 0 Å². The lowest BCUT2D eigenvalue weighted by atomic mass is 10.0. The molecule has 5 heteroatoms. The molecule has 2 N–H and O–H groups in total. The maximum absolute atomic E-state index is 5.77. The summed E-state index contributed by atoms with van der Waals surface area (Å²) in [7, 11) is 0. The van der Waals surface area contributed by atoms with Crippen LogP contribution in [0.5, 0.6) is 0 Å². The molecule has 0 saturated carbocycles. The molecule has 0 bridgehead atoms. The number of anilines is 2. The van der Waals surface area contributed by atoms with E-state index >= 15 is 0 Å². The Bertz CT molecular complexity index is 430. The van der Waals surface area contributed by atoms with Gasteiger partial charge in [-0.1, -0.05) is 20.8 Å². The smallest absolute Gasteiger partial charge is 0.135 e. The number of nitrogens with one attached hydrogen (secondary N) is 2. The third-order valence-corrected chi connectivity index (χ3v) is 3.77. The molecular formula is C16H28N4O. The first-order chi connectivity index (χ1) is 10.2. The molecule has 0 aromatic carbocycles. The second-order valence-electron chi connectivity index (χ2n) is 5.94. The number of aromatic nitrogens is 2. The number of nitrogens with zero attached hydrogens (tertiary/aromatic N) is 2. The predicted octanol–water partition coefficient (Wildman–Crippen LogP) is 3.40. The Kier molecular flexibility index (Phi) is 6.23. The molecule has 5 nitrogen and oxygen atoms in total. The Morgan fingerprint density at radius 3 is 2.62 bits per heavy atom. The minimum atomic E-state index is 0.306. The predicted molar refractivity (Wildman–Crippen MR) is 87.0 cm³/mol. The summed E-state index contributed by atoms with van der Waals surface area (Å²) in [4.78, 5) is 8.83. The molecule has 1 atom stereocenters. The molecule has 0 radical (unpaired) electrons. The normalized spacial score (nSPS) is 18.8. The molecule has 2 rings (SSSR count). The standard InChI is InChI=1S/C16H28N4O/c1-4-8-17-15-14(12(2)3)16(20-11-19-15)18-10-13-7-5-6-9-21-13/h11-13H,4-10H2,1-3H3,(H2,17,18,19,20). The third-order valence-electron chi connectivity index (χ3n) is 3.77. The zero-order valence-electron chi connectivity index (χ0n) is 13.5. The van der Waals surface area contributed by atoms with E-state index in [2.05, 4.69) is 41.4 Å². The average molecular weight is 292 g/mol. The van der Waals surface area contributed by atoms with Crippen molar-refractivity contribution >= 4 is 11.6 Å². The van der Waals surface area contributed by atoms with E-state index in [4.69, 9.17) is 4.74 Å². The Labute approximate surface area is 127 Å². The Balaban J connectivity index is 2.06. The average Bonchev–Trinajstić information content (AvgIpc) is 2.51. The quantitative estimate of drug-likeness (QED) is 0.806. The van der Waals surface area contributed by atoms with Crippen LogP contribution < -0.4 is 10.6 Å². The van der Waals surface area contributed by atoms with Gasteiger partial charge in [-0.15, -0.1) is 0 Å². The van der Waals surface area contributed by atoms with Crippen LogP contribution in [0, 0.1) is 0 Å². The highest BCUT2D eigenvalue weighted by molar-refractivity contribution is 5.59. The van der Waals surface area contributed by atoms with Crippen LogP contribution in [0.1, 0.15) is 57.9 Å². The van der Waals surface area contributed by atoms with Crippen molar-refractivity contribution in [2.75, 3.05) is 30.3 Å². The van der Waals surface area contributed by atoms with Crippen molar-refractivity contribution in [3.8, 4) is 0 Å². The number of hydrogen-bond donors (Lipinski definition) is 2. The zero-order chi connectivity index (χ0) is 15.1. The summed E-state index contributed by atoms with van der Waals surface area (Å²) in [5.74, 6) is 2.27. The summed E-state index contributed by atoms with van der Waals surface area (Å²) in [6.07, 6.45) is 6.60. The van der Waals surface area contributed by atoms with Gasteiger partial charge < -0.3 is 15.4 Å². The van der Waals surface area contributed by atoms with E-state index in [0.717, 1.165) is 44.2 Å². The minimum Gasteiger partial charge on any atom is -0.376 e. The molecule has 1 aromatic rings. The Morgan fingerprint density at radius 2 is 2.00 bits per heavy atom. The highest BCUT2D eigenvalue weighted by Crippen LogP contribution is 2.28. The number of hydrogen-bond acceptors (Lipinski definition) is 5. The van der Waals surface area contributed by atoms with Gasteiger partial charge in [0, 0.05) is 25.3 Å². The fraction of sp³-hybridized carbons (Fsp3) is 0.750. The van der Waals surface area contributed by atoms with E-state index in [1.807, 2.05) is 0 Å². The van der Waals surface area contributed by atoms with Crippen molar-refractivity contribution in [3.05, 3.63) is 11.9 Å². The molecule has 1 fully saturated rings. The Morgan fingerprint density at radius 1 is 1.24 bits per heavy atom. The summed E-state index contributed by atoms with van der Waals surface area (Å²) in [5, 5.41) is 6.87. The Hall–Kier alpha value is -1.36. The molecule has 1 unspecified atom stereocenters. The van der Waals surface area contributed by atoms with Gasteiger partial charge in [-0.25, -0.2) is 9.97 Å². The maximum atomic E-state index is 5.77. The highest BCUT2D eigenvalue weighted by Gasteiger charge is 2.17. The monoisotopic (exact) mass is 292 g/mol. The van der Waals surface area contributed by atoms with Crippen LogP contribution in [0.4, 0.5) is 11.6 Å². The van der Waals surface area contributed by atoms with E-state index in [0.29, 0.717) is 12.0 Å². The van der Waals surface area contributed by atoms with Gasteiger partial charge in [-0.05, 0) is 31.6 Å². The van der Waals surface area contributed by atoms with E-state index in [9.17, 15) is 0 Å². The van der Waals surface area contributed by atoms with Gasteiger partial charge >= 0.3 is 0 Å². The second-order valence-corrected chi connectivity index (χ2v) is 5.94.